The van der Waals surface area contributed by atoms with Crippen molar-refractivity contribution in [2.45, 2.75) is 31.3 Å². The van der Waals surface area contributed by atoms with Crippen LogP contribution >= 0.6 is 15.9 Å². The van der Waals surface area contributed by atoms with E-state index in [1.54, 1.807) is 7.11 Å². The van der Waals surface area contributed by atoms with E-state index in [0.717, 1.165) is 11.3 Å². The molecule has 1 aromatic carbocycles. The van der Waals surface area contributed by atoms with Crippen LogP contribution in [-0.2, 0) is 4.84 Å². The predicted molar refractivity (Wildman–Crippen MR) is 82.5 cm³/mol. The van der Waals surface area contributed by atoms with E-state index < -0.39 is 0 Å². The van der Waals surface area contributed by atoms with Gasteiger partial charge in [-0.15, -0.1) is 0 Å². The number of fused-ring (bicyclic) bond motifs is 5. The molecule has 4 rings (SSSR count). The van der Waals surface area contributed by atoms with Crippen LogP contribution in [-0.4, -0.2) is 22.7 Å². The summed E-state index contributed by atoms with van der Waals surface area (Å²) in [6, 6.07) is 8.05. The molecule has 112 valence electrons. The molecule has 1 aromatic rings. The van der Waals surface area contributed by atoms with E-state index >= 15 is 0 Å². The van der Waals surface area contributed by atoms with Crippen molar-refractivity contribution in [2.75, 3.05) is 7.11 Å². The van der Waals surface area contributed by atoms with E-state index in [1.807, 2.05) is 12.1 Å². The summed E-state index contributed by atoms with van der Waals surface area (Å²) in [6.07, 6.45) is 3.75. The molecule has 1 heterocycles. The first kappa shape index (κ1) is 13.4. The van der Waals surface area contributed by atoms with Gasteiger partial charge in [-0.05, 0) is 54.7 Å². The highest BCUT2D eigenvalue weighted by molar-refractivity contribution is 9.18. The van der Waals surface area contributed by atoms with E-state index in [0.29, 0.717) is 27.3 Å². The van der Waals surface area contributed by atoms with Crippen molar-refractivity contribution in [2.24, 2.45) is 17.8 Å². The maximum atomic E-state index is 12.1. The van der Waals surface area contributed by atoms with Gasteiger partial charge in [-0.25, -0.2) is 0 Å². The first-order valence-corrected chi connectivity index (χ1v) is 8.28. The van der Waals surface area contributed by atoms with Crippen molar-refractivity contribution < 1.29 is 14.5 Å². The highest BCUT2D eigenvalue weighted by atomic mass is 79.9. The zero-order chi connectivity index (χ0) is 14.6. The second-order valence-corrected chi connectivity index (χ2v) is 7.12. The Morgan fingerprint density at radius 2 is 1.95 bits per heavy atom. The molecular formula is C16H18BrNO3. The number of hydrogen-bond acceptors (Lipinski definition) is 3. The van der Waals surface area contributed by atoms with Crippen molar-refractivity contribution in [3.8, 4) is 5.75 Å². The second-order valence-electron chi connectivity index (χ2n) is 6.31. The standard InChI is InChI=1S/C16H18BrNO3/c1-20-12-6-4-9(5-7-12)14-13-10-2-3-11(8-10)15(13)21-18(19)16(14)17/h4-7,10-11,13-15H,2-3,8H2,1H3/t10?,11?,13-,14-,15-/m0/s1. The molecule has 0 spiro atoms. The van der Waals surface area contributed by atoms with Gasteiger partial charge in [0, 0.05) is 20.8 Å². The molecule has 0 saturated heterocycles. The highest BCUT2D eigenvalue weighted by Crippen LogP contribution is 2.56. The SMILES string of the molecule is COc1ccc([C@@H]2C(Br)=[N+]([O-])O[C@H]3C4CCC(C4)[C@@H]23)cc1. The summed E-state index contributed by atoms with van der Waals surface area (Å²) < 4.78 is 5.82. The average molecular weight is 352 g/mol. The monoisotopic (exact) mass is 351 g/mol. The van der Waals surface area contributed by atoms with Crippen LogP contribution in [0.15, 0.2) is 24.3 Å². The van der Waals surface area contributed by atoms with Crippen molar-refractivity contribution >= 4 is 20.6 Å². The molecule has 3 aliphatic rings. The number of benzene rings is 1. The third-order valence-electron chi connectivity index (χ3n) is 5.41. The van der Waals surface area contributed by atoms with Gasteiger partial charge in [0.15, 0.2) is 0 Å². The molecule has 4 nitrogen and oxygen atoms in total. The lowest BCUT2D eigenvalue weighted by molar-refractivity contribution is -0.761. The lowest BCUT2D eigenvalue weighted by atomic mass is 9.74. The van der Waals surface area contributed by atoms with Gasteiger partial charge >= 0.3 is 0 Å². The zero-order valence-electron chi connectivity index (χ0n) is 11.9. The van der Waals surface area contributed by atoms with Crippen LogP contribution in [0.4, 0.5) is 0 Å². The summed E-state index contributed by atoms with van der Waals surface area (Å²) in [7, 11) is 1.66. The van der Waals surface area contributed by atoms with Crippen LogP contribution in [0.25, 0.3) is 0 Å². The molecule has 2 bridgehead atoms. The Morgan fingerprint density at radius 1 is 1.24 bits per heavy atom. The zero-order valence-corrected chi connectivity index (χ0v) is 13.5. The first-order valence-electron chi connectivity index (χ1n) is 7.49. The van der Waals surface area contributed by atoms with Crippen LogP contribution in [0.1, 0.15) is 30.7 Å². The minimum absolute atomic E-state index is 0.0784. The van der Waals surface area contributed by atoms with Gasteiger partial charge in [0.2, 0.25) is 0 Å². The topological polar surface area (TPSA) is 44.5 Å². The van der Waals surface area contributed by atoms with Crippen LogP contribution < -0.4 is 4.74 Å². The van der Waals surface area contributed by atoms with Crippen LogP contribution in [0.3, 0.4) is 0 Å². The number of methoxy groups -OCH3 is 1. The van der Waals surface area contributed by atoms with Gasteiger partial charge in [0.25, 0.3) is 4.62 Å². The van der Waals surface area contributed by atoms with Crippen molar-refractivity contribution in [3.63, 3.8) is 0 Å². The quantitative estimate of drug-likeness (QED) is 0.766. The Bertz CT molecular complexity index is 586. The molecule has 0 aromatic heterocycles. The molecule has 21 heavy (non-hydrogen) atoms. The maximum absolute atomic E-state index is 12.1. The Kier molecular flexibility index (Phi) is 3.14. The van der Waals surface area contributed by atoms with Crippen LogP contribution in [0.5, 0.6) is 5.75 Å². The summed E-state index contributed by atoms with van der Waals surface area (Å²) >= 11 is 3.47. The van der Waals surface area contributed by atoms with Gasteiger partial charge in [-0.1, -0.05) is 12.1 Å². The van der Waals surface area contributed by atoms with Gasteiger partial charge < -0.3 is 9.57 Å². The van der Waals surface area contributed by atoms with Crippen LogP contribution in [0.2, 0.25) is 0 Å². The third kappa shape index (κ3) is 1.97. The fraction of sp³-hybridized carbons (Fsp3) is 0.562. The summed E-state index contributed by atoms with van der Waals surface area (Å²) in [5.41, 5.74) is 1.16. The average Bonchev–Trinajstić information content (AvgIpc) is 3.10. The van der Waals surface area contributed by atoms with Gasteiger partial charge in [-0.2, -0.15) is 0 Å². The largest absolute Gasteiger partial charge is 0.497 e. The number of rotatable bonds is 2. The fourth-order valence-corrected chi connectivity index (χ4v) is 5.16. The fourth-order valence-electron chi connectivity index (χ4n) is 4.51. The van der Waals surface area contributed by atoms with E-state index in [-0.39, 0.29) is 12.0 Å². The summed E-state index contributed by atoms with van der Waals surface area (Å²) in [4.78, 5) is 6.31. The Hall–Kier alpha value is -1.23. The molecule has 5 heteroatoms. The van der Waals surface area contributed by atoms with E-state index in [2.05, 4.69) is 28.1 Å². The molecular weight excluding hydrogens is 334 g/mol. The first-order chi connectivity index (χ1) is 10.2. The van der Waals surface area contributed by atoms with E-state index in [9.17, 15) is 5.21 Å². The Balaban J connectivity index is 1.74. The molecule has 2 unspecified atom stereocenters. The molecule has 5 atom stereocenters. The van der Waals surface area contributed by atoms with E-state index in [1.165, 1.54) is 19.3 Å². The number of halogens is 1. The Labute approximate surface area is 132 Å². The van der Waals surface area contributed by atoms with Gasteiger partial charge in [-0.3, -0.25) is 5.21 Å². The molecule has 2 aliphatic carbocycles. The number of nitrogens with zero attached hydrogens (tertiary/aromatic N) is 1. The smallest absolute Gasteiger partial charge is 0.293 e. The molecule has 2 saturated carbocycles. The minimum atomic E-state index is 0.0784. The maximum Gasteiger partial charge on any atom is 0.293 e. The number of ether oxygens (including phenoxy) is 1. The predicted octanol–water partition coefficient (Wildman–Crippen LogP) is 3.44. The summed E-state index contributed by atoms with van der Waals surface area (Å²) in [5.74, 6) is 2.58. The molecule has 0 N–H and O–H groups in total. The third-order valence-corrected chi connectivity index (χ3v) is 6.19. The molecule has 1 aliphatic heterocycles. The number of hydrogen-bond donors (Lipinski definition) is 0. The molecule has 2 fully saturated rings. The Morgan fingerprint density at radius 3 is 2.67 bits per heavy atom. The van der Waals surface area contributed by atoms with E-state index in [4.69, 9.17) is 9.57 Å². The minimum Gasteiger partial charge on any atom is -0.497 e. The lowest BCUT2D eigenvalue weighted by Crippen LogP contribution is -2.44. The molecule has 0 radical (unpaired) electrons. The van der Waals surface area contributed by atoms with Crippen molar-refractivity contribution in [3.05, 3.63) is 35.0 Å². The normalized spacial score (nSPS) is 37.3. The van der Waals surface area contributed by atoms with Crippen LogP contribution in [0, 0.1) is 23.0 Å². The summed E-state index contributed by atoms with van der Waals surface area (Å²) in [6.45, 7) is 0. The lowest BCUT2D eigenvalue weighted by Gasteiger charge is -2.39. The highest BCUT2D eigenvalue weighted by Gasteiger charge is 2.56. The molecule has 0 amide bonds. The van der Waals surface area contributed by atoms with Crippen molar-refractivity contribution in [1.82, 2.24) is 0 Å². The van der Waals surface area contributed by atoms with Crippen molar-refractivity contribution in [1.29, 1.82) is 0 Å². The van der Waals surface area contributed by atoms with Gasteiger partial charge in [0.1, 0.15) is 5.75 Å². The van der Waals surface area contributed by atoms with Gasteiger partial charge in [0.05, 0.1) is 19.1 Å². The summed E-state index contributed by atoms with van der Waals surface area (Å²) in [5, 5.41) is 12.1. The second kappa shape index (κ2) is 4.90.